The molecule has 0 amide bonds. The number of anilines is 1. The Kier molecular flexibility index (Phi) is 8.07. The summed E-state index contributed by atoms with van der Waals surface area (Å²) in [5.41, 5.74) is 3.15. The van der Waals surface area contributed by atoms with E-state index in [0.717, 1.165) is 30.6 Å². The van der Waals surface area contributed by atoms with Crippen LogP contribution in [-0.4, -0.2) is 13.4 Å². The van der Waals surface area contributed by atoms with Gasteiger partial charge in [0.15, 0.2) is 0 Å². The quantitative estimate of drug-likeness (QED) is 0.481. The van der Waals surface area contributed by atoms with Crippen LogP contribution in [0.3, 0.4) is 0 Å². The Morgan fingerprint density at radius 1 is 1.20 bits per heavy atom. The molecule has 1 rings (SSSR count). The molecule has 0 radical (unpaired) electrons. The number of hydrogen-bond donors (Lipinski definition) is 0. The van der Waals surface area contributed by atoms with Crippen LogP contribution in [0.1, 0.15) is 47.0 Å². The zero-order chi connectivity index (χ0) is 19.0. The summed E-state index contributed by atoms with van der Waals surface area (Å²) in [6, 6.07) is 5.97. The Labute approximate surface area is 149 Å². The van der Waals surface area contributed by atoms with E-state index in [2.05, 4.69) is 44.6 Å². The van der Waals surface area contributed by atoms with Gasteiger partial charge in [-0.25, -0.2) is 0 Å². The van der Waals surface area contributed by atoms with Gasteiger partial charge < -0.3 is 9.64 Å². The predicted octanol–water partition coefficient (Wildman–Crippen LogP) is 6.70. The molecular weight excluding hydrogens is 327 g/mol. The lowest BCUT2D eigenvalue weighted by molar-refractivity contribution is -0.274. The molecular formula is C20H28F3NO. The molecule has 0 aliphatic rings. The van der Waals surface area contributed by atoms with Gasteiger partial charge in [0.25, 0.3) is 0 Å². The van der Waals surface area contributed by atoms with Crippen molar-refractivity contribution in [2.75, 3.05) is 11.9 Å². The predicted molar refractivity (Wildman–Crippen MR) is 97.7 cm³/mol. The van der Waals surface area contributed by atoms with E-state index in [1.807, 2.05) is 11.9 Å². The summed E-state index contributed by atoms with van der Waals surface area (Å²) in [6.45, 7) is 8.51. The average molecular weight is 355 g/mol. The normalized spacial score (nSPS) is 13.3. The molecule has 0 aliphatic carbocycles. The van der Waals surface area contributed by atoms with E-state index in [-0.39, 0.29) is 5.75 Å². The second kappa shape index (κ2) is 9.54. The van der Waals surface area contributed by atoms with Gasteiger partial charge in [0.2, 0.25) is 0 Å². The molecule has 0 heterocycles. The number of allylic oxidation sites excluding steroid dienone is 4. The topological polar surface area (TPSA) is 12.5 Å². The smallest absolute Gasteiger partial charge is 0.406 e. The molecule has 1 aromatic rings. The number of halogens is 3. The summed E-state index contributed by atoms with van der Waals surface area (Å²) in [4.78, 5) is 2.02. The van der Waals surface area contributed by atoms with E-state index in [1.165, 1.54) is 17.7 Å². The Morgan fingerprint density at radius 3 is 2.28 bits per heavy atom. The Morgan fingerprint density at radius 2 is 1.80 bits per heavy atom. The van der Waals surface area contributed by atoms with Gasteiger partial charge in [0.1, 0.15) is 5.75 Å². The largest absolute Gasteiger partial charge is 0.573 e. The monoisotopic (exact) mass is 355 g/mol. The van der Waals surface area contributed by atoms with Crippen LogP contribution in [0.4, 0.5) is 18.9 Å². The lowest BCUT2D eigenvalue weighted by Crippen LogP contribution is -2.18. The van der Waals surface area contributed by atoms with Crippen molar-refractivity contribution < 1.29 is 17.9 Å². The van der Waals surface area contributed by atoms with Crippen molar-refractivity contribution in [3.8, 4) is 5.75 Å². The molecule has 140 valence electrons. The minimum absolute atomic E-state index is 0.209. The zero-order valence-electron chi connectivity index (χ0n) is 15.7. The van der Waals surface area contributed by atoms with Gasteiger partial charge >= 0.3 is 6.36 Å². The number of alkyl halides is 3. The van der Waals surface area contributed by atoms with Crippen LogP contribution in [0, 0.1) is 5.92 Å². The Bertz CT molecular complexity index is 586. The minimum Gasteiger partial charge on any atom is -0.406 e. The van der Waals surface area contributed by atoms with Crippen molar-refractivity contribution >= 4 is 5.69 Å². The van der Waals surface area contributed by atoms with Crippen LogP contribution < -0.4 is 9.64 Å². The molecule has 1 aromatic carbocycles. The third-order valence-corrected chi connectivity index (χ3v) is 3.79. The van der Waals surface area contributed by atoms with Crippen LogP contribution in [0.5, 0.6) is 5.75 Å². The summed E-state index contributed by atoms with van der Waals surface area (Å²) in [6.07, 6.45) is 2.55. The Hall–Kier alpha value is -1.91. The van der Waals surface area contributed by atoms with E-state index >= 15 is 0 Å². The van der Waals surface area contributed by atoms with Crippen LogP contribution >= 0.6 is 0 Å². The number of ether oxygens (including phenoxy) is 1. The van der Waals surface area contributed by atoms with Gasteiger partial charge in [0.05, 0.1) is 0 Å². The highest BCUT2D eigenvalue weighted by atomic mass is 19.4. The zero-order valence-corrected chi connectivity index (χ0v) is 15.7. The van der Waals surface area contributed by atoms with Crippen LogP contribution in [0.25, 0.3) is 0 Å². The number of hydrogen-bond acceptors (Lipinski definition) is 2. The first-order valence-electron chi connectivity index (χ1n) is 8.59. The molecule has 0 atom stereocenters. The molecule has 0 spiro atoms. The number of rotatable bonds is 8. The Balaban J connectivity index is 2.99. The average Bonchev–Trinajstić information content (AvgIpc) is 2.50. The minimum atomic E-state index is -4.67. The van der Waals surface area contributed by atoms with Gasteiger partial charge in [-0.15, -0.1) is 13.2 Å². The van der Waals surface area contributed by atoms with Crippen LogP contribution in [0.2, 0.25) is 0 Å². The summed E-state index contributed by atoms with van der Waals surface area (Å²) in [5, 5.41) is 0. The fourth-order valence-electron chi connectivity index (χ4n) is 2.45. The second-order valence-corrected chi connectivity index (χ2v) is 6.53. The summed E-state index contributed by atoms with van der Waals surface area (Å²) in [7, 11) is 1.94. The lowest BCUT2D eigenvalue weighted by atomic mass is 10.0. The fraction of sp³-hybridized carbons (Fsp3) is 0.500. The first kappa shape index (κ1) is 21.1. The summed E-state index contributed by atoms with van der Waals surface area (Å²) < 4.78 is 40.7. The van der Waals surface area contributed by atoms with Crippen molar-refractivity contribution in [3.05, 3.63) is 47.7 Å². The summed E-state index contributed by atoms with van der Waals surface area (Å²) >= 11 is 0. The molecule has 0 saturated carbocycles. The molecule has 0 aliphatic heterocycles. The van der Waals surface area contributed by atoms with Gasteiger partial charge in [-0.3, -0.25) is 0 Å². The van der Waals surface area contributed by atoms with Crippen molar-refractivity contribution in [2.24, 2.45) is 5.92 Å². The molecule has 25 heavy (non-hydrogen) atoms. The molecule has 0 saturated heterocycles. The van der Waals surface area contributed by atoms with Crippen molar-refractivity contribution in [2.45, 2.75) is 53.3 Å². The van der Waals surface area contributed by atoms with E-state index in [9.17, 15) is 13.2 Å². The maximum absolute atomic E-state index is 12.3. The van der Waals surface area contributed by atoms with Crippen molar-refractivity contribution in [1.82, 2.24) is 0 Å². The standard InChI is InChI=1S/C20H28F3NO/c1-6-7-16(4)14-18(9-8-15(2)3)24(5)17-10-12-19(13-11-17)25-20(21,22)23/h7,10-15H,6,8-9H2,1-5H3/b16-7-,18-14-. The first-order valence-corrected chi connectivity index (χ1v) is 8.59. The third kappa shape index (κ3) is 8.14. The number of benzene rings is 1. The van der Waals surface area contributed by atoms with Crippen LogP contribution in [-0.2, 0) is 0 Å². The van der Waals surface area contributed by atoms with Crippen LogP contribution in [0.15, 0.2) is 47.7 Å². The third-order valence-electron chi connectivity index (χ3n) is 3.79. The van der Waals surface area contributed by atoms with Gasteiger partial charge in [-0.1, -0.05) is 32.4 Å². The lowest BCUT2D eigenvalue weighted by Gasteiger charge is -2.24. The van der Waals surface area contributed by atoms with Crippen molar-refractivity contribution in [3.63, 3.8) is 0 Å². The molecule has 0 bridgehead atoms. The fourth-order valence-corrected chi connectivity index (χ4v) is 2.45. The van der Waals surface area contributed by atoms with Gasteiger partial charge in [-0.2, -0.15) is 0 Å². The highest BCUT2D eigenvalue weighted by Crippen LogP contribution is 2.28. The van der Waals surface area contributed by atoms with E-state index < -0.39 is 6.36 Å². The van der Waals surface area contributed by atoms with Crippen molar-refractivity contribution in [1.29, 1.82) is 0 Å². The van der Waals surface area contributed by atoms with E-state index in [4.69, 9.17) is 0 Å². The van der Waals surface area contributed by atoms with E-state index in [0.29, 0.717) is 5.92 Å². The second-order valence-electron chi connectivity index (χ2n) is 6.53. The highest BCUT2D eigenvalue weighted by molar-refractivity contribution is 5.54. The molecule has 2 nitrogen and oxygen atoms in total. The molecule has 0 aromatic heterocycles. The highest BCUT2D eigenvalue weighted by Gasteiger charge is 2.31. The molecule has 0 unspecified atom stereocenters. The van der Waals surface area contributed by atoms with E-state index in [1.54, 1.807) is 12.1 Å². The number of nitrogens with zero attached hydrogens (tertiary/aromatic N) is 1. The first-order chi connectivity index (χ1) is 11.6. The van der Waals surface area contributed by atoms with Gasteiger partial charge in [-0.05, 0) is 62.4 Å². The molecule has 0 fully saturated rings. The maximum atomic E-state index is 12.3. The van der Waals surface area contributed by atoms with Gasteiger partial charge in [0, 0.05) is 18.4 Å². The maximum Gasteiger partial charge on any atom is 0.573 e. The summed E-state index contributed by atoms with van der Waals surface area (Å²) in [5.74, 6) is 0.370. The SMILES string of the molecule is CC/C=C(C)\C=C(\CCC(C)C)N(C)c1ccc(OC(F)(F)F)cc1. The molecule has 5 heteroatoms. The molecule has 0 N–H and O–H groups in total.